The van der Waals surface area contributed by atoms with Crippen molar-refractivity contribution in [1.29, 1.82) is 0 Å². The van der Waals surface area contributed by atoms with E-state index < -0.39 is 0 Å². The van der Waals surface area contributed by atoms with Gasteiger partial charge in [-0.15, -0.1) is 11.3 Å². The lowest BCUT2D eigenvalue weighted by Crippen LogP contribution is -2.20. The number of ether oxygens (including phenoxy) is 1. The van der Waals surface area contributed by atoms with Gasteiger partial charge in [-0.25, -0.2) is 4.98 Å². The molecule has 1 fully saturated rings. The first-order valence-electron chi connectivity index (χ1n) is 10.1. The number of pyridine rings is 1. The van der Waals surface area contributed by atoms with Crippen LogP contribution in [0.5, 0.6) is 5.75 Å². The fraction of sp³-hybridized carbons (Fsp3) is 0.304. The van der Waals surface area contributed by atoms with E-state index in [0.717, 1.165) is 47.6 Å². The highest BCUT2D eigenvalue weighted by Gasteiger charge is 2.30. The maximum atomic E-state index is 12.1. The Hall–Kier alpha value is -2.90. The molecule has 1 saturated heterocycles. The molecular formula is C23H24N4O2S. The molecule has 1 amide bonds. The first kappa shape index (κ1) is 19.1. The van der Waals surface area contributed by atoms with Crippen LogP contribution in [0.15, 0.2) is 42.7 Å². The Morgan fingerprint density at radius 2 is 2.20 bits per heavy atom. The molecule has 30 heavy (non-hydrogen) atoms. The Morgan fingerprint density at radius 3 is 3.00 bits per heavy atom. The largest absolute Gasteiger partial charge is 0.497 e. The lowest BCUT2D eigenvalue weighted by atomic mass is 9.95. The fourth-order valence-electron chi connectivity index (χ4n) is 4.69. The van der Waals surface area contributed by atoms with E-state index in [1.807, 2.05) is 12.1 Å². The Morgan fingerprint density at radius 1 is 1.33 bits per heavy atom. The lowest BCUT2D eigenvalue weighted by Gasteiger charge is -2.16. The van der Waals surface area contributed by atoms with Gasteiger partial charge in [0, 0.05) is 55.3 Å². The second-order valence-electron chi connectivity index (χ2n) is 7.93. The lowest BCUT2D eigenvalue weighted by molar-refractivity contribution is 0.100. The summed E-state index contributed by atoms with van der Waals surface area (Å²) in [7, 11) is 3.76. The standard InChI is InChI=1S/C23H24N4O2S/c1-26-11-15(17-6-5-16(29-2)10-19(17)26)13-27-9-7-14(12-27)20-18-4-3-8-25-23(18)30-21(20)22(24)28/h3-6,8,10-11,14H,7,9,12-13H2,1-2H3,(H2,24,28)/t14-/m1/s1. The number of fused-ring (bicyclic) bond motifs is 2. The van der Waals surface area contributed by atoms with Crippen LogP contribution in [0.1, 0.15) is 33.1 Å². The van der Waals surface area contributed by atoms with Crippen LogP contribution in [-0.2, 0) is 13.6 Å². The summed E-state index contributed by atoms with van der Waals surface area (Å²) in [6.45, 7) is 2.78. The van der Waals surface area contributed by atoms with Crippen LogP contribution in [0.25, 0.3) is 21.1 Å². The molecule has 1 aliphatic rings. The van der Waals surface area contributed by atoms with Gasteiger partial charge in [0.2, 0.25) is 0 Å². The number of carbonyl (C=O) groups is 1. The minimum Gasteiger partial charge on any atom is -0.497 e. The van der Waals surface area contributed by atoms with Crippen molar-refractivity contribution in [2.75, 3.05) is 20.2 Å². The molecule has 6 nitrogen and oxygen atoms in total. The third-order valence-corrected chi connectivity index (χ3v) is 7.23. The number of methoxy groups -OCH3 is 1. The van der Waals surface area contributed by atoms with Crippen molar-refractivity contribution in [1.82, 2.24) is 14.5 Å². The van der Waals surface area contributed by atoms with E-state index in [9.17, 15) is 4.79 Å². The minimum atomic E-state index is -0.352. The van der Waals surface area contributed by atoms with Crippen LogP contribution < -0.4 is 10.5 Å². The van der Waals surface area contributed by atoms with Crippen molar-refractivity contribution in [3.63, 3.8) is 0 Å². The van der Waals surface area contributed by atoms with Crippen LogP contribution in [0, 0.1) is 0 Å². The molecule has 154 valence electrons. The van der Waals surface area contributed by atoms with Crippen molar-refractivity contribution in [2.45, 2.75) is 18.9 Å². The van der Waals surface area contributed by atoms with Gasteiger partial charge in [-0.1, -0.05) is 6.07 Å². The summed E-state index contributed by atoms with van der Waals surface area (Å²) in [5, 5.41) is 2.32. The second-order valence-corrected chi connectivity index (χ2v) is 8.93. The van der Waals surface area contributed by atoms with Crippen molar-refractivity contribution >= 4 is 38.4 Å². The van der Waals surface area contributed by atoms with E-state index in [2.05, 4.69) is 45.9 Å². The Kier molecular flexibility index (Phi) is 4.72. The SMILES string of the molecule is COc1ccc2c(CN3CC[C@@H](c4c(C(N)=O)sc5ncccc45)C3)cn(C)c2c1. The van der Waals surface area contributed by atoms with Crippen molar-refractivity contribution in [3.05, 3.63) is 58.7 Å². The van der Waals surface area contributed by atoms with Gasteiger partial charge in [-0.05, 0) is 42.3 Å². The molecule has 1 aliphatic heterocycles. The average Bonchev–Trinajstić information content (AvgIpc) is 3.44. The topological polar surface area (TPSA) is 73.4 Å². The molecule has 7 heteroatoms. The van der Waals surface area contributed by atoms with Crippen LogP contribution in [0.4, 0.5) is 0 Å². The number of hydrogen-bond donors (Lipinski definition) is 1. The number of likely N-dealkylation sites (tertiary alicyclic amines) is 1. The summed E-state index contributed by atoms with van der Waals surface area (Å²) in [5.74, 6) is 0.809. The van der Waals surface area contributed by atoms with E-state index >= 15 is 0 Å². The molecule has 0 saturated carbocycles. The first-order valence-corrected chi connectivity index (χ1v) is 10.9. The zero-order valence-corrected chi connectivity index (χ0v) is 17.9. The number of aryl methyl sites for hydroxylation is 1. The number of carbonyl (C=O) groups excluding carboxylic acids is 1. The Bertz CT molecular complexity index is 1260. The predicted molar refractivity (Wildman–Crippen MR) is 120 cm³/mol. The third-order valence-electron chi connectivity index (χ3n) is 6.08. The van der Waals surface area contributed by atoms with Crippen LogP contribution in [0.2, 0.25) is 0 Å². The number of nitrogens with zero attached hydrogens (tertiary/aromatic N) is 3. The van der Waals surface area contributed by atoms with Crippen molar-refractivity contribution in [3.8, 4) is 5.75 Å². The molecule has 5 rings (SSSR count). The van der Waals surface area contributed by atoms with E-state index in [1.54, 1.807) is 13.3 Å². The van der Waals surface area contributed by atoms with Crippen LogP contribution >= 0.6 is 11.3 Å². The van der Waals surface area contributed by atoms with Gasteiger partial charge >= 0.3 is 0 Å². The second kappa shape index (κ2) is 7.41. The van der Waals surface area contributed by atoms with E-state index in [1.165, 1.54) is 27.8 Å². The molecule has 0 spiro atoms. The number of benzene rings is 1. The molecule has 0 unspecified atom stereocenters. The van der Waals surface area contributed by atoms with Gasteiger partial charge < -0.3 is 15.0 Å². The van der Waals surface area contributed by atoms with Crippen LogP contribution in [0.3, 0.4) is 0 Å². The molecule has 0 aliphatic carbocycles. The summed E-state index contributed by atoms with van der Waals surface area (Å²) in [5.41, 5.74) is 9.27. The summed E-state index contributed by atoms with van der Waals surface area (Å²) < 4.78 is 7.53. The Labute approximate surface area is 178 Å². The number of nitrogens with two attached hydrogens (primary N) is 1. The van der Waals surface area contributed by atoms with E-state index in [-0.39, 0.29) is 5.91 Å². The summed E-state index contributed by atoms with van der Waals surface area (Å²) in [6, 6.07) is 10.2. The van der Waals surface area contributed by atoms with Gasteiger partial charge in [0.05, 0.1) is 17.5 Å². The van der Waals surface area contributed by atoms with Gasteiger partial charge in [0.25, 0.3) is 5.91 Å². The summed E-state index contributed by atoms with van der Waals surface area (Å²) in [4.78, 5) is 20.6. The zero-order chi connectivity index (χ0) is 20.8. The summed E-state index contributed by atoms with van der Waals surface area (Å²) >= 11 is 1.41. The smallest absolute Gasteiger partial charge is 0.259 e. The minimum absolute atomic E-state index is 0.292. The highest BCUT2D eigenvalue weighted by molar-refractivity contribution is 7.20. The fourth-order valence-corrected chi connectivity index (χ4v) is 5.77. The number of amides is 1. The van der Waals surface area contributed by atoms with Gasteiger partial charge in [-0.3, -0.25) is 9.69 Å². The molecule has 1 aromatic carbocycles. The molecular weight excluding hydrogens is 396 g/mol. The highest BCUT2D eigenvalue weighted by atomic mass is 32.1. The van der Waals surface area contributed by atoms with E-state index in [4.69, 9.17) is 10.5 Å². The molecule has 4 aromatic rings. The number of aromatic nitrogens is 2. The molecule has 4 heterocycles. The molecule has 0 bridgehead atoms. The number of hydrogen-bond acceptors (Lipinski definition) is 5. The van der Waals surface area contributed by atoms with Gasteiger partial charge in [0.1, 0.15) is 10.6 Å². The maximum absolute atomic E-state index is 12.1. The van der Waals surface area contributed by atoms with Crippen molar-refractivity contribution < 1.29 is 9.53 Å². The molecule has 3 aromatic heterocycles. The molecule has 0 radical (unpaired) electrons. The van der Waals surface area contributed by atoms with Crippen molar-refractivity contribution in [2.24, 2.45) is 12.8 Å². The Balaban J connectivity index is 1.42. The molecule has 1 atom stereocenters. The maximum Gasteiger partial charge on any atom is 0.259 e. The highest BCUT2D eigenvalue weighted by Crippen LogP contribution is 2.39. The van der Waals surface area contributed by atoms with Gasteiger partial charge in [-0.2, -0.15) is 0 Å². The summed E-state index contributed by atoms with van der Waals surface area (Å²) in [6.07, 6.45) is 4.99. The molecule has 2 N–H and O–H groups in total. The third kappa shape index (κ3) is 3.14. The van der Waals surface area contributed by atoms with E-state index in [0.29, 0.717) is 10.8 Å². The number of rotatable bonds is 5. The normalized spacial score (nSPS) is 17.2. The predicted octanol–water partition coefficient (Wildman–Crippen LogP) is 3.89. The number of thiophene rings is 1. The average molecular weight is 421 g/mol. The monoisotopic (exact) mass is 420 g/mol. The van der Waals surface area contributed by atoms with Gasteiger partial charge in [0.15, 0.2) is 0 Å². The van der Waals surface area contributed by atoms with Crippen LogP contribution in [-0.4, -0.2) is 40.6 Å². The quantitative estimate of drug-likeness (QED) is 0.532. The zero-order valence-electron chi connectivity index (χ0n) is 17.1. The first-order chi connectivity index (χ1) is 14.5. The number of primary amides is 1.